The zero-order chi connectivity index (χ0) is 13.1. The van der Waals surface area contributed by atoms with Gasteiger partial charge in [0.05, 0.1) is 16.2 Å². The topological polar surface area (TPSA) is 83.7 Å². The molecule has 18 heavy (non-hydrogen) atoms. The van der Waals surface area contributed by atoms with Crippen molar-refractivity contribution in [2.75, 3.05) is 18.0 Å². The molecule has 1 N–H and O–H groups in total. The highest BCUT2D eigenvalue weighted by molar-refractivity contribution is 5.95. The van der Waals surface area contributed by atoms with Crippen molar-refractivity contribution in [3.63, 3.8) is 0 Å². The Balaban J connectivity index is 2.43. The molecule has 0 bridgehead atoms. The first-order valence-electron chi connectivity index (χ1n) is 5.51. The number of benzene rings is 1. The van der Waals surface area contributed by atoms with Crippen molar-refractivity contribution >= 4 is 17.3 Å². The highest BCUT2D eigenvalue weighted by Crippen LogP contribution is 2.26. The number of nitro groups is 1. The fourth-order valence-electron chi connectivity index (χ4n) is 1.94. The second-order valence-electron chi connectivity index (χ2n) is 3.97. The summed E-state index contributed by atoms with van der Waals surface area (Å²) in [5.74, 6) is -1.15. The van der Waals surface area contributed by atoms with Gasteiger partial charge in [-0.1, -0.05) is 12.2 Å². The van der Waals surface area contributed by atoms with Crippen molar-refractivity contribution in [2.45, 2.75) is 6.42 Å². The van der Waals surface area contributed by atoms with Crippen LogP contribution >= 0.6 is 0 Å². The van der Waals surface area contributed by atoms with Gasteiger partial charge in [0.15, 0.2) is 0 Å². The second-order valence-corrected chi connectivity index (χ2v) is 3.97. The van der Waals surface area contributed by atoms with Crippen molar-refractivity contribution in [3.05, 3.63) is 46.0 Å². The zero-order valence-corrected chi connectivity index (χ0v) is 9.57. The Bertz CT molecular complexity index is 525. The third kappa shape index (κ3) is 2.32. The first kappa shape index (κ1) is 12.1. The van der Waals surface area contributed by atoms with Crippen molar-refractivity contribution in [3.8, 4) is 0 Å². The largest absolute Gasteiger partial charge is 0.478 e. The van der Waals surface area contributed by atoms with Gasteiger partial charge in [-0.25, -0.2) is 4.79 Å². The highest BCUT2D eigenvalue weighted by Gasteiger charge is 2.20. The van der Waals surface area contributed by atoms with Gasteiger partial charge in [-0.15, -0.1) is 0 Å². The Kier molecular flexibility index (Phi) is 3.27. The molecule has 1 aromatic carbocycles. The lowest BCUT2D eigenvalue weighted by Gasteiger charge is -2.26. The van der Waals surface area contributed by atoms with Gasteiger partial charge < -0.3 is 10.0 Å². The minimum atomic E-state index is -1.15. The molecule has 0 radical (unpaired) electrons. The number of hydrogen-bond donors (Lipinski definition) is 1. The summed E-state index contributed by atoms with van der Waals surface area (Å²) in [6.45, 7) is 1.34. The number of carboxylic acid groups (broad SMARTS) is 1. The molecule has 0 saturated carbocycles. The molecule has 2 rings (SSSR count). The van der Waals surface area contributed by atoms with Crippen LogP contribution in [0.4, 0.5) is 11.4 Å². The molecule has 1 aliphatic heterocycles. The van der Waals surface area contributed by atoms with E-state index in [9.17, 15) is 14.9 Å². The Morgan fingerprint density at radius 1 is 1.39 bits per heavy atom. The predicted octanol–water partition coefficient (Wildman–Crippen LogP) is 2.06. The number of non-ortho nitro benzene ring substituents is 1. The number of aromatic carboxylic acids is 1. The summed E-state index contributed by atoms with van der Waals surface area (Å²) < 4.78 is 0. The molecule has 94 valence electrons. The molecule has 1 heterocycles. The molecule has 1 aliphatic rings. The average molecular weight is 248 g/mol. The Hall–Kier alpha value is -2.37. The van der Waals surface area contributed by atoms with Gasteiger partial charge in [0.1, 0.15) is 0 Å². The molecule has 6 nitrogen and oxygen atoms in total. The minimum Gasteiger partial charge on any atom is -0.478 e. The third-order valence-electron chi connectivity index (χ3n) is 2.82. The average Bonchev–Trinajstić information content (AvgIpc) is 2.39. The van der Waals surface area contributed by atoms with E-state index in [4.69, 9.17) is 5.11 Å². The SMILES string of the molecule is O=C(O)c1cc([N+](=O)[O-])ccc1N1CC=CCC1. The summed E-state index contributed by atoms with van der Waals surface area (Å²) in [6.07, 6.45) is 4.83. The summed E-state index contributed by atoms with van der Waals surface area (Å²) in [7, 11) is 0. The van der Waals surface area contributed by atoms with E-state index < -0.39 is 10.9 Å². The van der Waals surface area contributed by atoms with E-state index >= 15 is 0 Å². The van der Waals surface area contributed by atoms with Gasteiger partial charge in [-0.2, -0.15) is 0 Å². The molecule has 0 spiro atoms. The van der Waals surface area contributed by atoms with Gasteiger partial charge in [0.2, 0.25) is 0 Å². The molecule has 0 unspecified atom stereocenters. The smallest absolute Gasteiger partial charge is 0.338 e. The van der Waals surface area contributed by atoms with E-state index in [1.165, 1.54) is 12.1 Å². The van der Waals surface area contributed by atoms with Gasteiger partial charge >= 0.3 is 5.97 Å². The molecule has 0 aromatic heterocycles. The van der Waals surface area contributed by atoms with Gasteiger partial charge in [0.25, 0.3) is 5.69 Å². The van der Waals surface area contributed by atoms with Crippen LogP contribution in [0.1, 0.15) is 16.8 Å². The molecule has 0 aliphatic carbocycles. The van der Waals surface area contributed by atoms with Crippen molar-refractivity contribution < 1.29 is 14.8 Å². The molecule has 0 saturated heterocycles. The third-order valence-corrected chi connectivity index (χ3v) is 2.82. The number of carbonyl (C=O) groups is 1. The van der Waals surface area contributed by atoms with Crippen molar-refractivity contribution in [1.82, 2.24) is 0 Å². The summed E-state index contributed by atoms with van der Waals surface area (Å²) in [6, 6.07) is 3.94. The van der Waals surface area contributed by atoms with Gasteiger partial charge in [0, 0.05) is 25.2 Å². The Labute approximate surface area is 103 Å². The van der Waals surface area contributed by atoms with Crippen LogP contribution in [0.15, 0.2) is 30.4 Å². The van der Waals surface area contributed by atoms with Crippen LogP contribution in [0.3, 0.4) is 0 Å². The van der Waals surface area contributed by atoms with E-state index in [2.05, 4.69) is 0 Å². The van der Waals surface area contributed by atoms with Crippen LogP contribution < -0.4 is 4.90 Å². The lowest BCUT2D eigenvalue weighted by molar-refractivity contribution is -0.384. The van der Waals surface area contributed by atoms with E-state index in [1.54, 1.807) is 0 Å². The predicted molar refractivity (Wildman–Crippen MR) is 66.0 cm³/mol. The van der Waals surface area contributed by atoms with E-state index in [1.807, 2.05) is 17.1 Å². The summed E-state index contributed by atoms with van der Waals surface area (Å²) in [4.78, 5) is 23.1. The maximum Gasteiger partial charge on any atom is 0.338 e. The monoisotopic (exact) mass is 248 g/mol. The Morgan fingerprint density at radius 2 is 2.17 bits per heavy atom. The zero-order valence-electron chi connectivity index (χ0n) is 9.57. The summed E-state index contributed by atoms with van der Waals surface area (Å²) in [5, 5.41) is 19.8. The number of hydrogen-bond acceptors (Lipinski definition) is 4. The molecular formula is C12H12N2O4. The number of nitrogens with zero attached hydrogens (tertiary/aromatic N) is 2. The van der Waals surface area contributed by atoms with Crippen molar-refractivity contribution in [1.29, 1.82) is 0 Å². The Morgan fingerprint density at radius 3 is 2.72 bits per heavy atom. The number of rotatable bonds is 3. The number of carboxylic acids is 1. The van der Waals surface area contributed by atoms with Crippen LogP contribution in [0.5, 0.6) is 0 Å². The normalized spacial score (nSPS) is 14.6. The number of anilines is 1. The minimum absolute atomic E-state index is 0.0282. The van der Waals surface area contributed by atoms with Crippen LogP contribution in [0.2, 0.25) is 0 Å². The molecule has 1 aromatic rings. The molecule has 0 fully saturated rings. The van der Waals surface area contributed by atoms with Crippen molar-refractivity contribution in [2.24, 2.45) is 0 Å². The first-order chi connectivity index (χ1) is 8.59. The standard InChI is InChI=1S/C12H12N2O4/c15-12(16)10-8-9(14(17)18)4-5-11(10)13-6-2-1-3-7-13/h1-2,4-5,8H,3,6-7H2,(H,15,16). The molecular weight excluding hydrogens is 236 g/mol. The quantitative estimate of drug-likeness (QED) is 0.503. The van der Waals surface area contributed by atoms with E-state index in [-0.39, 0.29) is 11.3 Å². The highest BCUT2D eigenvalue weighted by atomic mass is 16.6. The first-order valence-corrected chi connectivity index (χ1v) is 5.51. The van der Waals surface area contributed by atoms with E-state index in [0.717, 1.165) is 12.5 Å². The lowest BCUT2D eigenvalue weighted by atomic mass is 10.1. The van der Waals surface area contributed by atoms with Crippen LogP contribution in [-0.4, -0.2) is 29.1 Å². The van der Waals surface area contributed by atoms with Gasteiger partial charge in [-0.3, -0.25) is 10.1 Å². The molecule has 0 amide bonds. The maximum absolute atomic E-state index is 11.2. The maximum atomic E-state index is 11.2. The molecule has 6 heteroatoms. The van der Waals surface area contributed by atoms with Crippen LogP contribution in [-0.2, 0) is 0 Å². The van der Waals surface area contributed by atoms with E-state index in [0.29, 0.717) is 18.8 Å². The fraction of sp³-hybridized carbons (Fsp3) is 0.250. The molecule has 0 atom stereocenters. The van der Waals surface area contributed by atoms with Crippen LogP contribution in [0.25, 0.3) is 0 Å². The number of nitro benzene ring substituents is 1. The van der Waals surface area contributed by atoms with Crippen LogP contribution in [0, 0.1) is 10.1 Å². The summed E-state index contributed by atoms with van der Waals surface area (Å²) >= 11 is 0. The van der Waals surface area contributed by atoms with Gasteiger partial charge in [-0.05, 0) is 12.5 Å². The fourth-order valence-corrected chi connectivity index (χ4v) is 1.94. The summed E-state index contributed by atoms with van der Waals surface area (Å²) in [5.41, 5.74) is 0.292. The second kappa shape index (κ2) is 4.87. The lowest BCUT2D eigenvalue weighted by Crippen LogP contribution is -2.28.